The van der Waals surface area contributed by atoms with Crippen LogP contribution in [0.5, 0.6) is 5.75 Å². The second-order valence-electron chi connectivity index (χ2n) is 3.40. The fourth-order valence-corrected chi connectivity index (χ4v) is 1.19. The average Bonchev–Trinajstić information content (AvgIpc) is 2.17. The van der Waals surface area contributed by atoms with Gasteiger partial charge < -0.3 is 10.4 Å². The molecule has 0 aliphatic rings. The minimum absolute atomic E-state index is 0.00816. The van der Waals surface area contributed by atoms with E-state index in [0.29, 0.717) is 0 Å². The van der Waals surface area contributed by atoms with Crippen LogP contribution >= 0.6 is 0 Å². The van der Waals surface area contributed by atoms with E-state index in [4.69, 9.17) is 5.26 Å². The summed E-state index contributed by atoms with van der Waals surface area (Å²) < 4.78 is 12.7. The Hall–Kier alpha value is -2.09. The predicted octanol–water partition coefficient (Wildman–Crippen LogP) is 1.56. The summed E-state index contributed by atoms with van der Waals surface area (Å²) in [6, 6.07) is 4.74. The Bertz CT molecular complexity index is 440. The number of benzene rings is 1. The molecule has 1 aromatic carbocycles. The smallest absolute Gasteiger partial charge is 0.255 e. The van der Waals surface area contributed by atoms with Gasteiger partial charge in [0, 0.05) is 12.1 Å². The van der Waals surface area contributed by atoms with Crippen LogP contribution in [0.3, 0.4) is 0 Å². The van der Waals surface area contributed by atoms with Gasteiger partial charge >= 0.3 is 0 Å². The molecular formula is C11H11FN2O2. The SMILES string of the molecule is CC(CC#N)NC(=O)c1ccc(F)cc1O. The van der Waals surface area contributed by atoms with E-state index in [1.165, 1.54) is 6.07 Å². The lowest BCUT2D eigenvalue weighted by molar-refractivity contribution is 0.0938. The van der Waals surface area contributed by atoms with Gasteiger partial charge in [-0.3, -0.25) is 4.79 Å². The van der Waals surface area contributed by atoms with Gasteiger partial charge in [-0.15, -0.1) is 0 Å². The zero-order valence-electron chi connectivity index (χ0n) is 8.70. The Labute approximate surface area is 92.3 Å². The number of nitrogens with zero attached hydrogens (tertiary/aromatic N) is 1. The molecule has 0 saturated heterocycles. The van der Waals surface area contributed by atoms with Crippen molar-refractivity contribution in [3.63, 3.8) is 0 Å². The number of hydrogen-bond acceptors (Lipinski definition) is 3. The third kappa shape index (κ3) is 2.95. The summed E-state index contributed by atoms with van der Waals surface area (Å²) in [6.07, 6.45) is 0.174. The summed E-state index contributed by atoms with van der Waals surface area (Å²) in [5.74, 6) is -1.55. The van der Waals surface area contributed by atoms with Gasteiger partial charge in [0.25, 0.3) is 5.91 Å². The fourth-order valence-electron chi connectivity index (χ4n) is 1.19. The minimum Gasteiger partial charge on any atom is -0.507 e. The summed E-state index contributed by atoms with van der Waals surface area (Å²) in [7, 11) is 0. The maximum Gasteiger partial charge on any atom is 0.255 e. The Morgan fingerprint density at radius 2 is 2.38 bits per heavy atom. The number of phenolic OH excluding ortho intramolecular Hbond substituents is 1. The highest BCUT2D eigenvalue weighted by molar-refractivity contribution is 5.96. The molecular weight excluding hydrogens is 211 g/mol. The third-order valence-corrected chi connectivity index (χ3v) is 1.98. The van der Waals surface area contributed by atoms with Crippen LogP contribution in [0.1, 0.15) is 23.7 Å². The van der Waals surface area contributed by atoms with E-state index < -0.39 is 17.5 Å². The molecule has 4 nitrogen and oxygen atoms in total. The van der Waals surface area contributed by atoms with Gasteiger partial charge in [-0.25, -0.2) is 4.39 Å². The number of nitriles is 1. The lowest BCUT2D eigenvalue weighted by Crippen LogP contribution is -2.32. The Kier molecular flexibility index (Phi) is 3.84. The summed E-state index contributed by atoms with van der Waals surface area (Å²) in [5, 5.41) is 20.3. The number of hydrogen-bond donors (Lipinski definition) is 2. The van der Waals surface area contributed by atoms with Gasteiger partial charge in [0.05, 0.1) is 18.1 Å². The van der Waals surface area contributed by atoms with Crippen molar-refractivity contribution in [2.45, 2.75) is 19.4 Å². The van der Waals surface area contributed by atoms with Gasteiger partial charge in [-0.1, -0.05) is 0 Å². The summed E-state index contributed by atoms with van der Waals surface area (Å²) in [4.78, 5) is 11.6. The van der Waals surface area contributed by atoms with Crippen molar-refractivity contribution >= 4 is 5.91 Å². The van der Waals surface area contributed by atoms with E-state index in [-0.39, 0.29) is 18.0 Å². The van der Waals surface area contributed by atoms with Crippen molar-refractivity contribution < 1.29 is 14.3 Å². The first-order chi connectivity index (χ1) is 7.54. The predicted molar refractivity (Wildman–Crippen MR) is 55.2 cm³/mol. The molecule has 0 spiro atoms. The molecule has 0 fully saturated rings. The standard InChI is InChI=1S/C11H11FN2O2/c1-7(4-5-13)14-11(16)9-3-2-8(12)6-10(9)15/h2-3,6-7,15H,4H2,1H3,(H,14,16). The number of carbonyl (C=O) groups is 1. The first kappa shape index (κ1) is 12.0. The number of carbonyl (C=O) groups excluding carboxylic acids is 1. The van der Waals surface area contributed by atoms with Gasteiger partial charge in [-0.2, -0.15) is 5.26 Å². The summed E-state index contributed by atoms with van der Waals surface area (Å²) >= 11 is 0. The van der Waals surface area contributed by atoms with Crippen LogP contribution in [-0.2, 0) is 0 Å². The first-order valence-electron chi connectivity index (χ1n) is 4.71. The molecule has 0 heterocycles. The monoisotopic (exact) mass is 222 g/mol. The molecule has 5 heteroatoms. The van der Waals surface area contributed by atoms with Gasteiger partial charge in [0.1, 0.15) is 11.6 Å². The van der Waals surface area contributed by atoms with Crippen LogP contribution in [-0.4, -0.2) is 17.1 Å². The molecule has 0 aliphatic carbocycles. The van der Waals surface area contributed by atoms with E-state index in [1.807, 2.05) is 6.07 Å². The van der Waals surface area contributed by atoms with E-state index in [2.05, 4.69) is 5.32 Å². The minimum atomic E-state index is -0.612. The van der Waals surface area contributed by atoms with E-state index in [9.17, 15) is 14.3 Å². The van der Waals surface area contributed by atoms with Crippen molar-refractivity contribution in [3.8, 4) is 11.8 Å². The fraction of sp³-hybridized carbons (Fsp3) is 0.273. The van der Waals surface area contributed by atoms with E-state index >= 15 is 0 Å². The van der Waals surface area contributed by atoms with Crippen molar-refractivity contribution in [1.29, 1.82) is 5.26 Å². The molecule has 1 aromatic rings. The highest BCUT2D eigenvalue weighted by atomic mass is 19.1. The number of halogens is 1. The van der Waals surface area contributed by atoms with Gasteiger partial charge in [-0.05, 0) is 19.1 Å². The highest BCUT2D eigenvalue weighted by Gasteiger charge is 2.13. The van der Waals surface area contributed by atoms with Crippen LogP contribution in [0.4, 0.5) is 4.39 Å². The number of nitrogens with one attached hydrogen (secondary N) is 1. The maximum atomic E-state index is 12.7. The number of rotatable bonds is 3. The van der Waals surface area contributed by atoms with Crippen LogP contribution in [0.25, 0.3) is 0 Å². The number of amides is 1. The number of aromatic hydroxyl groups is 1. The van der Waals surface area contributed by atoms with Crippen LogP contribution in [0.2, 0.25) is 0 Å². The molecule has 1 rings (SSSR count). The van der Waals surface area contributed by atoms with Crippen LogP contribution in [0.15, 0.2) is 18.2 Å². The first-order valence-corrected chi connectivity index (χ1v) is 4.71. The van der Waals surface area contributed by atoms with E-state index in [1.54, 1.807) is 6.92 Å². The maximum absolute atomic E-state index is 12.7. The van der Waals surface area contributed by atoms with Gasteiger partial charge in [0.2, 0.25) is 0 Å². The van der Waals surface area contributed by atoms with E-state index in [0.717, 1.165) is 12.1 Å². The quantitative estimate of drug-likeness (QED) is 0.815. The molecule has 84 valence electrons. The summed E-state index contributed by atoms with van der Waals surface area (Å²) in [5.41, 5.74) is -0.00816. The zero-order valence-corrected chi connectivity index (χ0v) is 8.70. The Morgan fingerprint density at radius 1 is 1.69 bits per heavy atom. The Balaban J connectivity index is 2.78. The van der Waals surface area contributed by atoms with Crippen molar-refractivity contribution in [2.75, 3.05) is 0 Å². The van der Waals surface area contributed by atoms with Crippen LogP contribution < -0.4 is 5.32 Å². The molecule has 16 heavy (non-hydrogen) atoms. The normalized spacial score (nSPS) is 11.6. The van der Waals surface area contributed by atoms with Crippen molar-refractivity contribution in [3.05, 3.63) is 29.6 Å². The molecule has 0 saturated carbocycles. The highest BCUT2D eigenvalue weighted by Crippen LogP contribution is 2.17. The Morgan fingerprint density at radius 3 is 2.94 bits per heavy atom. The lowest BCUT2D eigenvalue weighted by atomic mass is 10.1. The summed E-state index contributed by atoms with van der Waals surface area (Å²) in [6.45, 7) is 1.67. The van der Waals surface area contributed by atoms with Crippen molar-refractivity contribution in [2.24, 2.45) is 0 Å². The zero-order chi connectivity index (χ0) is 12.1. The molecule has 1 atom stereocenters. The topological polar surface area (TPSA) is 73.1 Å². The molecule has 2 N–H and O–H groups in total. The molecule has 1 unspecified atom stereocenters. The molecule has 0 radical (unpaired) electrons. The average molecular weight is 222 g/mol. The molecule has 1 amide bonds. The third-order valence-electron chi connectivity index (χ3n) is 1.98. The lowest BCUT2D eigenvalue weighted by Gasteiger charge is -2.11. The second kappa shape index (κ2) is 5.12. The van der Waals surface area contributed by atoms with Crippen LogP contribution in [0, 0.1) is 17.1 Å². The molecule has 0 aliphatic heterocycles. The molecule has 0 aromatic heterocycles. The number of phenols is 1. The largest absolute Gasteiger partial charge is 0.507 e. The van der Waals surface area contributed by atoms with Crippen molar-refractivity contribution in [1.82, 2.24) is 5.32 Å². The van der Waals surface area contributed by atoms with Gasteiger partial charge in [0.15, 0.2) is 0 Å². The second-order valence-corrected chi connectivity index (χ2v) is 3.40. The molecule has 0 bridgehead atoms.